The summed E-state index contributed by atoms with van der Waals surface area (Å²) in [4.78, 5) is 28.3. The molecule has 2 aromatic carbocycles. The lowest BCUT2D eigenvalue weighted by Crippen LogP contribution is -2.38. The average Bonchev–Trinajstić information content (AvgIpc) is 2.80. The molecule has 1 fully saturated rings. The quantitative estimate of drug-likeness (QED) is 0.518. The number of nitrogens with zero attached hydrogens (tertiary/aromatic N) is 2. The van der Waals surface area contributed by atoms with Crippen LogP contribution in [0.3, 0.4) is 0 Å². The van der Waals surface area contributed by atoms with E-state index in [9.17, 15) is 14.0 Å². The fourth-order valence-electron chi connectivity index (χ4n) is 3.44. The summed E-state index contributed by atoms with van der Waals surface area (Å²) in [6.07, 6.45) is 4.32. The van der Waals surface area contributed by atoms with Crippen LogP contribution in [0.2, 0.25) is 5.02 Å². The molecular formula is C25H25ClFN3O2. The normalized spacial score (nSPS) is 13.7. The predicted octanol–water partition coefficient (Wildman–Crippen LogP) is 5.67. The highest BCUT2D eigenvalue weighted by Gasteiger charge is 2.22. The second-order valence-corrected chi connectivity index (χ2v) is 8.09. The van der Waals surface area contributed by atoms with Gasteiger partial charge in [-0.3, -0.25) is 14.6 Å². The van der Waals surface area contributed by atoms with E-state index >= 15 is 0 Å². The van der Waals surface area contributed by atoms with Gasteiger partial charge in [-0.1, -0.05) is 48.9 Å². The first-order valence-electron chi connectivity index (χ1n) is 10.4. The third kappa shape index (κ3) is 6.37. The van der Waals surface area contributed by atoms with E-state index in [4.69, 9.17) is 11.6 Å². The van der Waals surface area contributed by atoms with Gasteiger partial charge in [0.2, 0.25) is 6.41 Å². The van der Waals surface area contributed by atoms with Gasteiger partial charge in [-0.25, -0.2) is 4.39 Å². The minimum atomic E-state index is -0.272. The number of rotatable bonds is 4. The summed E-state index contributed by atoms with van der Waals surface area (Å²) < 4.78 is 13.5. The number of pyridine rings is 1. The zero-order valence-electron chi connectivity index (χ0n) is 17.8. The summed E-state index contributed by atoms with van der Waals surface area (Å²) in [5.41, 5.74) is 2.36. The van der Waals surface area contributed by atoms with E-state index in [0.29, 0.717) is 28.4 Å². The molecule has 0 radical (unpaired) electrons. The Hall–Kier alpha value is -3.25. The molecule has 0 atom stereocenters. The van der Waals surface area contributed by atoms with Crippen LogP contribution in [-0.4, -0.2) is 35.3 Å². The predicted molar refractivity (Wildman–Crippen MR) is 125 cm³/mol. The minimum Gasteiger partial charge on any atom is -0.337 e. The minimum absolute atomic E-state index is 0.00519. The number of piperidine rings is 1. The Bertz CT molecular complexity index is 1070. The zero-order valence-corrected chi connectivity index (χ0v) is 18.6. The number of halogens is 2. The molecule has 166 valence electrons. The van der Waals surface area contributed by atoms with E-state index in [0.717, 1.165) is 37.4 Å². The highest BCUT2D eigenvalue weighted by atomic mass is 35.5. The summed E-state index contributed by atoms with van der Waals surface area (Å²) >= 11 is 5.84. The van der Waals surface area contributed by atoms with Crippen LogP contribution < -0.4 is 5.32 Å². The second-order valence-electron chi connectivity index (χ2n) is 7.66. The molecule has 1 N–H and O–H groups in total. The number of hydrogen-bond donors (Lipinski definition) is 1. The third-order valence-electron chi connectivity index (χ3n) is 5.28. The zero-order chi connectivity index (χ0) is 22.9. The Morgan fingerprint density at radius 1 is 1.12 bits per heavy atom. The van der Waals surface area contributed by atoms with Crippen LogP contribution in [0.25, 0.3) is 11.1 Å². The Kier molecular flexibility index (Phi) is 8.34. The Labute approximate surface area is 192 Å². The topological polar surface area (TPSA) is 62.3 Å². The number of amides is 2. The molecular weight excluding hydrogens is 429 g/mol. The standard InChI is InChI=1S/C13H10FNO.C12H15ClN2O/c14-13-7-2-1-6-12(13)10-4-3-5-11(8-10)15-9-16;1-9-3-6-15(7-4-9)12(16)11-8-10(13)2-5-14-11/h1-9H,(H,15,16);2,5,8-9H,3-4,6-7H2,1H3. The fraction of sp³-hybridized carbons (Fsp3) is 0.240. The number of carbonyl (C=O) groups is 2. The van der Waals surface area contributed by atoms with Crippen molar-refractivity contribution in [3.8, 4) is 11.1 Å². The number of likely N-dealkylation sites (tertiary alicyclic amines) is 1. The number of carbonyl (C=O) groups excluding carboxylic acids is 2. The molecule has 3 aromatic rings. The number of benzene rings is 2. The van der Waals surface area contributed by atoms with Gasteiger partial charge in [-0.05, 0) is 54.7 Å². The molecule has 1 aliphatic heterocycles. The van der Waals surface area contributed by atoms with E-state index in [2.05, 4.69) is 17.2 Å². The van der Waals surface area contributed by atoms with Gasteiger partial charge in [-0.2, -0.15) is 0 Å². The number of aromatic nitrogens is 1. The van der Waals surface area contributed by atoms with Crippen LogP contribution in [0.5, 0.6) is 0 Å². The van der Waals surface area contributed by atoms with Crippen molar-refractivity contribution in [2.45, 2.75) is 19.8 Å². The molecule has 0 bridgehead atoms. The molecule has 2 heterocycles. The van der Waals surface area contributed by atoms with Gasteiger partial charge in [0.15, 0.2) is 0 Å². The maximum atomic E-state index is 13.5. The summed E-state index contributed by atoms with van der Waals surface area (Å²) in [7, 11) is 0. The van der Waals surface area contributed by atoms with Gasteiger partial charge < -0.3 is 10.2 Å². The van der Waals surface area contributed by atoms with Crippen molar-refractivity contribution in [3.05, 3.63) is 83.4 Å². The number of nitrogens with one attached hydrogen (secondary N) is 1. The average molecular weight is 454 g/mol. The van der Waals surface area contributed by atoms with Crippen molar-refractivity contribution in [1.29, 1.82) is 0 Å². The maximum Gasteiger partial charge on any atom is 0.272 e. The molecule has 7 heteroatoms. The monoisotopic (exact) mass is 453 g/mol. The third-order valence-corrected chi connectivity index (χ3v) is 5.52. The van der Waals surface area contributed by atoms with Gasteiger partial charge in [0.1, 0.15) is 11.5 Å². The van der Waals surface area contributed by atoms with Crippen LogP contribution in [-0.2, 0) is 4.79 Å². The van der Waals surface area contributed by atoms with Crippen LogP contribution >= 0.6 is 11.6 Å². The summed E-state index contributed by atoms with van der Waals surface area (Å²) in [5, 5.41) is 3.09. The van der Waals surface area contributed by atoms with E-state index in [1.165, 1.54) is 6.07 Å². The van der Waals surface area contributed by atoms with Gasteiger partial charge in [0, 0.05) is 35.6 Å². The van der Waals surface area contributed by atoms with Crippen molar-refractivity contribution >= 4 is 29.6 Å². The Morgan fingerprint density at radius 2 is 1.88 bits per heavy atom. The summed E-state index contributed by atoms with van der Waals surface area (Å²) in [6.45, 7) is 3.88. The first-order chi connectivity index (χ1) is 15.5. The SMILES string of the molecule is CC1CCN(C(=O)c2cc(Cl)ccn2)CC1.O=CNc1cccc(-c2ccccc2F)c1. The van der Waals surface area contributed by atoms with Gasteiger partial charge >= 0.3 is 0 Å². The van der Waals surface area contributed by atoms with Crippen LogP contribution in [0.4, 0.5) is 10.1 Å². The summed E-state index contributed by atoms with van der Waals surface area (Å²) in [6, 6.07) is 16.9. The lowest BCUT2D eigenvalue weighted by atomic mass is 9.99. The van der Waals surface area contributed by atoms with Crippen LogP contribution in [0, 0.1) is 11.7 Å². The molecule has 32 heavy (non-hydrogen) atoms. The first-order valence-corrected chi connectivity index (χ1v) is 10.8. The molecule has 1 aromatic heterocycles. The van der Waals surface area contributed by atoms with Crippen LogP contribution in [0.1, 0.15) is 30.3 Å². The van der Waals surface area contributed by atoms with E-state index in [1.807, 2.05) is 4.90 Å². The van der Waals surface area contributed by atoms with E-state index in [-0.39, 0.29) is 11.7 Å². The van der Waals surface area contributed by atoms with Gasteiger partial charge in [0.05, 0.1) is 0 Å². The first kappa shape index (κ1) is 23.4. The lowest BCUT2D eigenvalue weighted by Gasteiger charge is -2.30. The lowest BCUT2D eigenvalue weighted by molar-refractivity contribution is -0.105. The number of anilines is 1. The molecule has 4 rings (SSSR count). The molecule has 0 unspecified atom stereocenters. The van der Waals surface area contributed by atoms with Crippen molar-refractivity contribution in [1.82, 2.24) is 9.88 Å². The second kappa shape index (κ2) is 11.4. The fourth-order valence-corrected chi connectivity index (χ4v) is 3.59. The number of hydrogen-bond acceptors (Lipinski definition) is 3. The molecule has 0 aliphatic carbocycles. The highest BCUT2D eigenvalue weighted by Crippen LogP contribution is 2.24. The molecule has 0 spiro atoms. The molecule has 0 saturated carbocycles. The smallest absolute Gasteiger partial charge is 0.272 e. The molecule has 2 amide bonds. The van der Waals surface area contributed by atoms with Crippen molar-refractivity contribution in [2.24, 2.45) is 5.92 Å². The van der Waals surface area contributed by atoms with Gasteiger partial charge in [-0.15, -0.1) is 0 Å². The molecule has 1 saturated heterocycles. The Balaban J connectivity index is 0.000000181. The Morgan fingerprint density at radius 3 is 2.56 bits per heavy atom. The van der Waals surface area contributed by atoms with Crippen molar-refractivity contribution in [2.75, 3.05) is 18.4 Å². The van der Waals surface area contributed by atoms with Crippen molar-refractivity contribution < 1.29 is 14.0 Å². The van der Waals surface area contributed by atoms with Crippen LogP contribution in [0.15, 0.2) is 66.9 Å². The largest absolute Gasteiger partial charge is 0.337 e. The van der Waals surface area contributed by atoms with E-state index in [1.54, 1.807) is 60.8 Å². The summed E-state index contributed by atoms with van der Waals surface area (Å²) in [5.74, 6) is 0.441. The highest BCUT2D eigenvalue weighted by molar-refractivity contribution is 6.30. The van der Waals surface area contributed by atoms with E-state index < -0.39 is 0 Å². The maximum absolute atomic E-state index is 13.5. The molecule has 1 aliphatic rings. The van der Waals surface area contributed by atoms with Crippen molar-refractivity contribution in [3.63, 3.8) is 0 Å². The molecule has 5 nitrogen and oxygen atoms in total. The van der Waals surface area contributed by atoms with Gasteiger partial charge in [0.25, 0.3) is 5.91 Å².